The Balaban J connectivity index is 2.10. The van der Waals surface area contributed by atoms with Gasteiger partial charge in [-0.05, 0) is 30.3 Å². The molecular formula is C17H16ClNO2S. The average Bonchev–Trinajstić information content (AvgIpc) is 2.51. The van der Waals surface area contributed by atoms with Gasteiger partial charge in [-0.25, -0.2) is 0 Å². The lowest BCUT2D eigenvalue weighted by Crippen LogP contribution is -2.14. The zero-order valence-corrected chi connectivity index (χ0v) is 13.5. The summed E-state index contributed by atoms with van der Waals surface area (Å²) >= 11 is 7.50. The third-order valence-electron chi connectivity index (χ3n) is 2.66. The first kappa shape index (κ1) is 16.5. The number of benzene rings is 2. The Morgan fingerprint density at radius 2 is 2.05 bits per heavy atom. The molecule has 0 aliphatic heterocycles. The zero-order chi connectivity index (χ0) is 15.8. The SMILES string of the molecule is C=CCSCC(=O)Nc1cc(Cl)ccc1Oc1ccccc1. The van der Waals surface area contributed by atoms with Crippen LogP contribution in [0.25, 0.3) is 0 Å². The number of para-hydroxylation sites is 1. The lowest BCUT2D eigenvalue weighted by atomic mass is 10.3. The van der Waals surface area contributed by atoms with E-state index in [9.17, 15) is 4.79 Å². The minimum Gasteiger partial charge on any atom is -0.455 e. The van der Waals surface area contributed by atoms with Crippen molar-refractivity contribution in [2.45, 2.75) is 0 Å². The summed E-state index contributed by atoms with van der Waals surface area (Å²) < 4.78 is 5.79. The van der Waals surface area contributed by atoms with Gasteiger partial charge in [0.25, 0.3) is 0 Å². The zero-order valence-electron chi connectivity index (χ0n) is 11.9. The van der Waals surface area contributed by atoms with E-state index in [-0.39, 0.29) is 5.91 Å². The highest BCUT2D eigenvalue weighted by Crippen LogP contribution is 2.32. The van der Waals surface area contributed by atoms with Crippen molar-refractivity contribution < 1.29 is 9.53 Å². The van der Waals surface area contributed by atoms with Crippen LogP contribution in [0, 0.1) is 0 Å². The van der Waals surface area contributed by atoms with Gasteiger partial charge >= 0.3 is 0 Å². The maximum atomic E-state index is 11.9. The van der Waals surface area contributed by atoms with E-state index in [1.807, 2.05) is 30.3 Å². The first-order valence-corrected chi connectivity index (χ1v) is 8.23. The number of hydrogen-bond donors (Lipinski definition) is 1. The molecule has 0 heterocycles. The molecule has 2 aromatic carbocycles. The second-order valence-electron chi connectivity index (χ2n) is 4.41. The van der Waals surface area contributed by atoms with E-state index in [2.05, 4.69) is 11.9 Å². The summed E-state index contributed by atoms with van der Waals surface area (Å²) in [5.41, 5.74) is 0.556. The number of thioether (sulfide) groups is 1. The van der Waals surface area contributed by atoms with Crippen LogP contribution in [0.15, 0.2) is 61.2 Å². The topological polar surface area (TPSA) is 38.3 Å². The van der Waals surface area contributed by atoms with Crippen LogP contribution in [0.1, 0.15) is 0 Å². The normalized spacial score (nSPS) is 10.0. The molecule has 0 saturated heterocycles. The largest absolute Gasteiger partial charge is 0.455 e. The van der Waals surface area contributed by atoms with Gasteiger partial charge in [0.15, 0.2) is 5.75 Å². The second-order valence-corrected chi connectivity index (χ2v) is 5.87. The molecule has 0 aliphatic carbocycles. The lowest BCUT2D eigenvalue weighted by Gasteiger charge is -2.12. The third-order valence-corrected chi connectivity index (χ3v) is 3.83. The van der Waals surface area contributed by atoms with Gasteiger partial charge in [0, 0.05) is 10.8 Å². The van der Waals surface area contributed by atoms with E-state index >= 15 is 0 Å². The van der Waals surface area contributed by atoms with E-state index < -0.39 is 0 Å². The van der Waals surface area contributed by atoms with Gasteiger partial charge in [-0.3, -0.25) is 4.79 Å². The first-order chi connectivity index (χ1) is 10.7. The number of ether oxygens (including phenoxy) is 1. The van der Waals surface area contributed by atoms with E-state index in [1.165, 1.54) is 11.8 Å². The molecule has 0 aromatic heterocycles. The number of nitrogens with one attached hydrogen (secondary N) is 1. The van der Waals surface area contributed by atoms with Gasteiger partial charge in [-0.15, -0.1) is 18.3 Å². The van der Waals surface area contributed by atoms with Crippen LogP contribution < -0.4 is 10.1 Å². The highest BCUT2D eigenvalue weighted by Gasteiger charge is 2.10. The molecule has 0 unspecified atom stereocenters. The fourth-order valence-electron chi connectivity index (χ4n) is 1.73. The summed E-state index contributed by atoms with van der Waals surface area (Å²) in [6, 6.07) is 14.5. The number of halogens is 1. The van der Waals surface area contributed by atoms with Crippen LogP contribution in [0.5, 0.6) is 11.5 Å². The van der Waals surface area contributed by atoms with Gasteiger partial charge in [0.2, 0.25) is 5.91 Å². The van der Waals surface area contributed by atoms with E-state index in [0.717, 1.165) is 5.75 Å². The quantitative estimate of drug-likeness (QED) is 0.573. The minimum atomic E-state index is -0.105. The molecule has 22 heavy (non-hydrogen) atoms. The maximum Gasteiger partial charge on any atom is 0.234 e. The molecule has 0 spiro atoms. The Morgan fingerprint density at radius 3 is 2.77 bits per heavy atom. The molecule has 0 fully saturated rings. The van der Waals surface area contributed by atoms with Gasteiger partial charge in [0.1, 0.15) is 5.75 Å². The molecule has 0 saturated carbocycles. The molecule has 3 nitrogen and oxygen atoms in total. The Bertz CT molecular complexity index is 646. The van der Waals surface area contributed by atoms with Gasteiger partial charge in [0.05, 0.1) is 11.4 Å². The van der Waals surface area contributed by atoms with Crippen molar-refractivity contribution in [2.24, 2.45) is 0 Å². The smallest absolute Gasteiger partial charge is 0.234 e. The fourth-order valence-corrected chi connectivity index (χ4v) is 2.44. The molecule has 5 heteroatoms. The summed E-state index contributed by atoms with van der Waals surface area (Å²) in [6.45, 7) is 3.62. The minimum absolute atomic E-state index is 0.105. The number of hydrogen-bond acceptors (Lipinski definition) is 3. The number of anilines is 1. The molecular weight excluding hydrogens is 318 g/mol. The number of carbonyl (C=O) groups is 1. The van der Waals surface area contributed by atoms with Crippen LogP contribution in [0.3, 0.4) is 0 Å². The Morgan fingerprint density at radius 1 is 1.27 bits per heavy atom. The molecule has 114 valence electrons. The summed E-state index contributed by atoms with van der Waals surface area (Å²) in [4.78, 5) is 11.9. The summed E-state index contributed by atoms with van der Waals surface area (Å²) in [5, 5.41) is 3.36. The van der Waals surface area contributed by atoms with Crippen molar-refractivity contribution in [1.82, 2.24) is 0 Å². The van der Waals surface area contributed by atoms with Crippen LogP contribution in [-0.4, -0.2) is 17.4 Å². The van der Waals surface area contributed by atoms with Crippen molar-refractivity contribution in [3.05, 3.63) is 66.2 Å². The molecule has 0 bridgehead atoms. The van der Waals surface area contributed by atoms with Crippen molar-refractivity contribution in [3.63, 3.8) is 0 Å². The monoisotopic (exact) mass is 333 g/mol. The maximum absolute atomic E-state index is 11.9. The van der Waals surface area contributed by atoms with E-state index in [1.54, 1.807) is 24.3 Å². The first-order valence-electron chi connectivity index (χ1n) is 6.70. The van der Waals surface area contributed by atoms with Crippen LogP contribution in [0.4, 0.5) is 5.69 Å². The van der Waals surface area contributed by atoms with Crippen molar-refractivity contribution in [2.75, 3.05) is 16.8 Å². The molecule has 0 aliphatic rings. The van der Waals surface area contributed by atoms with E-state index in [0.29, 0.717) is 28.0 Å². The van der Waals surface area contributed by atoms with Crippen molar-refractivity contribution in [1.29, 1.82) is 0 Å². The molecule has 0 radical (unpaired) electrons. The summed E-state index contributed by atoms with van der Waals surface area (Å²) in [7, 11) is 0. The molecule has 2 rings (SSSR count). The highest BCUT2D eigenvalue weighted by atomic mass is 35.5. The second kappa shape index (κ2) is 8.51. The van der Waals surface area contributed by atoms with Crippen molar-refractivity contribution >= 4 is 35.0 Å². The third kappa shape index (κ3) is 5.13. The fraction of sp³-hybridized carbons (Fsp3) is 0.118. The summed E-state index contributed by atoms with van der Waals surface area (Å²) in [6.07, 6.45) is 1.77. The Hall–Kier alpha value is -1.91. The predicted molar refractivity (Wildman–Crippen MR) is 94.1 cm³/mol. The van der Waals surface area contributed by atoms with Crippen LogP contribution in [0.2, 0.25) is 5.02 Å². The molecule has 1 amide bonds. The predicted octanol–water partition coefficient (Wildman–Crippen LogP) is 4.99. The van der Waals surface area contributed by atoms with Gasteiger partial charge in [-0.1, -0.05) is 35.9 Å². The number of carbonyl (C=O) groups excluding carboxylic acids is 1. The lowest BCUT2D eigenvalue weighted by molar-refractivity contribution is -0.113. The molecule has 1 N–H and O–H groups in total. The number of rotatable bonds is 7. The summed E-state index contributed by atoms with van der Waals surface area (Å²) in [5.74, 6) is 2.23. The van der Waals surface area contributed by atoms with Crippen molar-refractivity contribution in [3.8, 4) is 11.5 Å². The van der Waals surface area contributed by atoms with E-state index in [4.69, 9.17) is 16.3 Å². The Kier molecular flexibility index (Phi) is 6.37. The van der Waals surface area contributed by atoms with Crippen LogP contribution in [-0.2, 0) is 4.79 Å². The van der Waals surface area contributed by atoms with Gasteiger partial charge < -0.3 is 10.1 Å². The number of amides is 1. The average molecular weight is 334 g/mol. The Labute approximate surface area is 139 Å². The van der Waals surface area contributed by atoms with Gasteiger partial charge in [-0.2, -0.15) is 0 Å². The molecule has 0 atom stereocenters. The molecule has 2 aromatic rings. The standard InChI is InChI=1S/C17H16ClNO2S/c1-2-10-22-12-17(20)19-15-11-13(18)8-9-16(15)21-14-6-4-3-5-7-14/h2-9,11H,1,10,12H2,(H,19,20). The van der Waals surface area contributed by atoms with Crippen LogP contribution >= 0.6 is 23.4 Å². The highest BCUT2D eigenvalue weighted by molar-refractivity contribution is 8.00.